The zero-order valence-corrected chi connectivity index (χ0v) is 16.7. The van der Waals surface area contributed by atoms with Crippen molar-refractivity contribution in [2.75, 3.05) is 79.3 Å². The van der Waals surface area contributed by atoms with Gasteiger partial charge in [-0.15, -0.1) is 0 Å². The van der Waals surface area contributed by atoms with Gasteiger partial charge in [-0.1, -0.05) is 15.9 Å². The standard InChI is InChI=1S/C18H29BrO7/c19-17-1-3-18(4-2-17)26-16-15-25-14-13-24-12-11-23-10-9-22-8-7-21-6-5-20/h1-4,20H,5-16H2. The van der Waals surface area contributed by atoms with Crippen LogP contribution in [0.1, 0.15) is 0 Å². The van der Waals surface area contributed by atoms with Gasteiger partial charge in [0.1, 0.15) is 12.4 Å². The molecule has 0 bridgehead atoms. The van der Waals surface area contributed by atoms with Crippen molar-refractivity contribution in [1.29, 1.82) is 0 Å². The van der Waals surface area contributed by atoms with Crippen LogP contribution in [0, 0.1) is 0 Å². The summed E-state index contributed by atoms with van der Waals surface area (Å²) in [5.74, 6) is 0.826. The lowest BCUT2D eigenvalue weighted by Crippen LogP contribution is -2.14. The molecule has 0 heterocycles. The Kier molecular flexibility index (Phi) is 15.8. The summed E-state index contributed by atoms with van der Waals surface area (Å²) in [7, 11) is 0. The molecule has 1 aromatic rings. The fourth-order valence-electron chi connectivity index (χ4n) is 1.80. The highest BCUT2D eigenvalue weighted by atomic mass is 79.9. The molecule has 0 atom stereocenters. The summed E-state index contributed by atoms with van der Waals surface area (Å²) >= 11 is 3.38. The maximum absolute atomic E-state index is 8.52. The Balaban J connectivity index is 1.72. The quantitative estimate of drug-likeness (QED) is 0.352. The first-order valence-electron chi connectivity index (χ1n) is 8.71. The van der Waals surface area contributed by atoms with Crippen molar-refractivity contribution >= 4 is 15.9 Å². The predicted octanol–water partition coefficient (Wildman–Crippen LogP) is 1.90. The maximum Gasteiger partial charge on any atom is 0.119 e. The zero-order chi connectivity index (χ0) is 18.7. The van der Waals surface area contributed by atoms with E-state index < -0.39 is 0 Å². The van der Waals surface area contributed by atoms with Crippen LogP contribution in [-0.4, -0.2) is 84.4 Å². The molecule has 0 spiro atoms. The van der Waals surface area contributed by atoms with Crippen LogP contribution in [0.3, 0.4) is 0 Å². The Morgan fingerprint density at radius 3 is 1.38 bits per heavy atom. The lowest BCUT2D eigenvalue weighted by molar-refractivity contribution is -0.0146. The molecule has 1 aromatic carbocycles. The Morgan fingerprint density at radius 2 is 0.962 bits per heavy atom. The Morgan fingerprint density at radius 1 is 0.577 bits per heavy atom. The molecule has 8 heteroatoms. The SMILES string of the molecule is OCCOCCOCCOCCOCCOCCOc1ccc(Br)cc1. The third-order valence-corrected chi connectivity index (χ3v) is 3.56. The fraction of sp³-hybridized carbons (Fsp3) is 0.667. The second kappa shape index (κ2) is 17.7. The highest BCUT2D eigenvalue weighted by Crippen LogP contribution is 2.15. The molecular weight excluding hydrogens is 408 g/mol. The zero-order valence-electron chi connectivity index (χ0n) is 15.1. The largest absolute Gasteiger partial charge is 0.491 e. The van der Waals surface area contributed by atoms with Crippen LogP contribution in [0.15, 0.2) is 28.7 Å². The number of ether oxygens (including phenoxy) is 6. The molecule has 0 aliphatic rings. The van der Waals surface area contributed by atoms with Gasteiger partial charge in [0.2, 0.25) is 0 Å². The van der Waals surface area contributed by atoms with Crippen molar-refractivity contribution in [3.8, 4) is 5.75 Å². The molecule has 150 valence electrons. The van der Waals surface area contributed by atoms with E-state index in [0.29, 0.717) is 72.7 Å². The topological polar surface area (TPSA) is 75.6 Å². The van der Waals surface area contributed by atoms with E-state index in [9.17, 15) is 0 Å². The van der Waals surface area contributed by atoms with Gasteiger partial charge in [0, 0.05) is 4.47 Å². The minimum Gasteiger partial charge on any atom is -0.491 e. The molecule has 1 N–H and O–H groups in total. The van der Waals surface area contributed by atoms with Crippen LogP contribution in [0.4, 0.5) is 0 Å². The molecule has 0 saturated carbocycles. The van der Waals surface area contributed by atoms with Gasteiger partial charge in [0.05, 0.1) is 72.7 Å². The molecule has 0 fully saturated rings. The number of benzene rings is 1. The van der Waals surface area contributed by atoms with Crippen LogP contribution in [-0.2, 0) is 23.7 Å². The molecule has 1 rings (SSSR count). The Bertz CT molecular complexity index is 417. The maximum atomic E-state index is 8.52. The van der Waals surface area contributed by atoms with Crippen molar-refractivity contribution in [2.24, 2.45) is 0 Å². The molecule has 0 aliphatic heterocycles. The summed E-state index contributed by atoms with van der Waals surface area (Å²) in [6.07, 6.45) is 0. The van der Waals surface area contributed by atoms with Crippen LogP contribution in [0.5, 0.6) is 5.75 Å². The van der Waals surface area contributed by atoms with E-state index in [4.69, 9.17) is 33.5 Å². The predicted molar refractivity (Wildman–Crippen MR) is 101 cm³/mol. The first-order chi connectivity index (χ1) is 12.8. The molecule has 0 aromatic heterocycles. The molecule has 0 amide bonds. The molecule has 0 saturated heterocycles. The van der Waals surface area contributed by atoms with Gasteiger partial charge in [-0.25, -0.2) is 0 Å². The summed E-state index contributed by atoms with van der Waals surface area (Å²) in [6, 6.07) is 7.69. The Hall–Kier alpha value is -0.740. The van der Waals surface area contributed by atoms with Gasteiger partial charge in [-0.2, -0.15) is 0 Å². The normalized spacial score (nSPS) is 11.0. The first kappa shape index (κ1) is 23.3. The third-order valence-electron chi connectivity index (χ3n) is 3.03. The lowest BCUT2D eigenvalue weighted by atomic mass is 10.3. The van der Waals surface area contributed by atoms with E-state index in [-0.39, 0.29) is 6.61 Å². The van der Waals surface area contributed by atoms with Crippen molar-refractivity contribution in [3.05, 3.63) is 28.7 Å². The number of halogens is 1. The third kappa shape index (κ3) is 14.4. The monoisotopic (exact) mass is 436 g/mol. The molecular formula is C18H29BrO7. The fourth-order valence-corrected chi connectivity index (χ4v) is 2.06. The number of hydrogen-bond donors (Lipinski definition) is 1. The van der Waals surface area contributed by atoms with Crippen molar-refractivity contribution in [3.63, 3.8) is 0 Å². The van der Waals surface area contributed by atoms with Gasteiger partial charge in [-0.05, 0) is 24.3 Å². The Labute approximate surface area is 163 Å². The molecule has 0 aliphatic carbocycles. The average molecular weight is 437 g/mol. The summed E-state index contributed by atoms with van der Waals surface area (Å²) in [4.78, 5) is 0. The summed E-state index contributed by atoms with van der Waals surface area (Å²) in [5, 5.41) is 8.52. The highest BCUT2D eigenvalue weighted by molar-refractivity contribution is 9.10. The lowest BCUT2D eigenvalue weighted by Gasteiger charge is -2.08. The summed E-state index contributed by atoms with van der Waals surface area (Å²) in [5.41, 5.74) is 0. The summed E-state index contributed by atoms with van der Waals surface area (Å²) < 4.78 is 33.1. The smallest absolute Gasteiger partial charge is 0.119 e. The molecule has 0 radical (unpaired) electrons. The van der Waals surface area contributed by atoms with E-state index in [1.54, 1.807) is 0 Å². The van der Waals surface area contributed by atoms with Crippen molar-refractivity contribution in [2.45, 2.75) is 0 Å². The van der Waals surface area contributed by atoms with Gasteiger partial charge in [-0.3, -0.25) is 0 Å². The van der Waals surface area contributed by atoms with Crippen molar-refractivity contribution in [1.82, 2.24) is 0 Å². The van der Waals surface area contributed by atoms with E-state index in [2.05, 4.69) is 15.9 Å². The van der Waals surface area contributed by atoms with Crippen LogP contribution >= 0.6 is 15.9 Å². The average Bonchev–Trinajstić information content (AvgIpc) is 2.66. The molecule has 0 unspecified atom stereocenters. The van der Waals surface area contributed by atoms with E-state index in [0.717, 1.165) is 10.2 Å². The number of hydrogen-bond acceptors (Lipinski definition) is 7. The number of aliphatic hydroxyl groups is 1. The van der Waals surface area contributed by atoms with E-state index >= 15 is 0 Å². The second-order valence-corrected chi connectivity index (χ2v) is 6.00. The minimum atomic E-state index is 0.0356. The van der Waals surface area contributed by atoms with Crippen LogP contribution in [0.2, 0.25) is 0 Å². The molecule has 26 heavy (non-hydrogen) atoms. The number of aliphatic hydroxyl groups excluding tert-OH is 1. The minimum absolute atomic E-state index is 0.0356. The molecule has 7 nitrogen and oxygen atoms in total. The van der Waals surface area contributed by atoms with Gasteiger partial charge in [0.25, 0.3) is 0 Å². The van der Waals surface area contributed by atoms with Gasteiger partial charge in [0.15, 0.2) is 0 Å². The highest BCUT2D eigenvalue weighted by Gasteiger charge is 1.95. The second-order valence-electron chi connectivity index (χ2n) is 5.09. The summed E-state index contributed by atoms with van der Waals surface area (Å²) in [6.45, 7) is 5.55. The van der Waals surface area contributed by atoms with Crippen LogP contribution in [0.25, 0.3) is 0 Å². The van der Waals surface area contributed by atoms with Crippen LogP contribution < -0.4 is 4.74 Å². The van der Waals surface area contributed by atoms with Gasteiger partial charge >= 0.3 is 0 Å². The van der Waals surface area contributed by atoms with E-state index in [1.807, 2.05) is 24.3 Å². The van der Waals surface area contributed by atoms with Gasteiger partial charge < -0.3 is 33.5 Å². The van der Waals surface area contributed by atoms with E-state index in [1.165, 1.54) is 0 Å². The van der Waals surface area contributed by atoms with Crippen molar-refractivity contribution < 1.29 is 33.5 Å². The first-order valence-corrected chi connectivity index (χ1v) is 9.50. The number of rotatable bonds is 18.